The average molecular weight is 451 g/mol. The third-order valence-corrected chi connectivity index (χ3v) is 7.33. The van der Waals surface area contributed by atoms with Crippen molar-refractivity contribution in [2.24, 2.45) is 0 Å². The third-order valence-electron chi connectivity index (χ3n) is 7.33. The van der Waals surface area contributed by atoms with Crippen molar-refractivity contribution in [2.45, 2.75) is 19.8 Å². The molecule has 5 aromatic carbocycles. The van der Waals surface area contributed by atoms with Gasteiger partial charge in [-0.2, -0.15) is 0 Å². The highest BCUT2D eigenvalue weighted by molar-refractivity contribution is 6.11. The minimum Gasteiger partial charge on any atom is -0.355 e. The van der Waals surface area contributed by atoms with Gasteiger partial charge in [0.2, 0.25) is 0 Å². The number of H-pyrrole nitrogens is 1. The maximum absolute atomic E-state index is 3.54. The SMILES string of the molecule is CC(C)c1ccc(-n2c3ccccc3c3cc(-c4ccc5[nH]c6ccccc6c5c4)ccc32)cc1. The van der Waals surface area contributed by atoms with Crippen LogP contribution in [0.1, 0.15) is 25.3 Å². The zero-order chi connectivity index (χ0) is 23.5. The Bertz CT molecular complexity index is 1860. The van der Waals surface area contributed by atoms with E-state index in [4.69, 9.17) is 0 Å². The Morgan fingerprint density at radius 2 is 1.17 bits per heavy atom. The van der Waals surface area contributed by atoms with Gasteiger partial charge in [0.05, 0.1) is 11.0 Å². The standard InChI is InChI=1S/C33H26N2/c1-21(2)22-11-15-25(16-12-22)35-32-10-6-4-8-27(32)29-20-24(14-18-33(29)35)23-13-17-31-28(19-23)26-7-3-5-9-30(26)34-31/h3-21,34H,1-2H3. The second kappa shape index (κ2) is 7.61. The first-order valence-electron chi connectivity index (χ1n) is 12.3. The van der Waals surface area contributed by atoms with E-state index in [0.717, 1.165) is 0 Å². The summed E-state index contributed by atoms with van der Waals surface area (Å²) < 4.78 is 2.39. The van der Waals surface area contributed by atoms with Crippen LogP contribution >= 0.6 is 0 Å². The lowest BCUT2D eigenvalue weighted by Gasteiger charge is -2.11. The van der Waals surface area contributed by atoms with Crippen LogP contribution in [-0.4, -0.2) is 9.55 Å². The average Bonchev–Trinajstić information content (AvgIpc) is 3.43. The molecule has 0 radical (unpaired) electrons. The van der Waals surface area contributed by atoms with E-state index in [1.54, 1.807) is 0 Å². The molecule has 2 nitrogen and oxygen atoms in total. The number of nitrogens with zero attached hydrogens (tertiary/aromatic N) is 1. The first-order valence-corrected chi connectivity index (χ1v) is 12.3. The number of para-hydroxylation sites is 2. The van der Waals surface area contributed by atoms with E-state index >= 15 is 0 Å². The number of aromatic nitrogens is 2. The van der Waals surface area contributed by atoms with E-state index in [1.165, 1.54) is 66.0 Å². The van der Waals surface area contributed by atoms with E-state index in [-0.39, 0.29) is 0 Å². The van der Waals surface area contributed by atoms with E-state index in [9.17, 15) is 0 Å². The van der Waals surface area contributed by atoms with Gasteiger partial charge in [-0.25, -0.2) is 0 Å². The molecule has 0 aliphatic heterocycles. The first-order chi connectivity index (χ1) is 17.2. The molecule has 0 saturated heterocycles. The highest BCUT2D eigenvalue weighted by atomic mass is 15.0. The highest BCUT2D eigenvalue weighted by Gasteiger charge is 2.14. The second-order valence-corrected chi connectivity index (χ2v) is 9.76. The fourth-order valence-corrected chi connectivity index (χ4v) is 5.47. The van der Waals surface area contributed by atoms with Crippen LogP contribution < -0.4 is 0 Å². The summed E-state index contributed by atoms with van der Waals surface area (Å²) in [5, 5.41) is 5.10. The smallest absolute Gasteiger partial charge is 0.0541 e. The number of aromatic amines is 1. The molecule has 2 aromatic heterocycles. The van der Waals surface area contributed by atoms with Crippen molar-refractivity contribution in [3.63, 3.8) is 0 Å². The lowest BCUT2D eigenvalue weighted by atomic mass is 10.0. The van der Waals surface area contributed by atoms with E-state index in [0.29, 0.717) is 5.92 Å². The zero-order valence-corrected chi connectivity index (χ0v) is 19.9. The van der Waals surface area contributed by atoms with Gasteiger partial charge < -0.3 is 9.55 Å². The van der Waals surface area contributed by atoms with Crippen LogP contribution in [0.25, 0.3) is 60.4 Å². The number of benzene rings is 5. The lowest BCUT2D eigenvalue weighted by molar-refractivity contribution is 0.866. The lowest BCUT2D eigenvalue weighted by Crippen LogP contribution is -1.95. The Morgan fingerprint density at radius 3 is 1.97 bits per heavy atom. The molecule has 0 aliphatic carbocycles. The number of rotatable bonds is 3. The van der Waals surface area contributed by atoms with Crippen molar-refractivity contribution in [2.75, 3.05) is 0 Å². The van der Waals surface area contributed by atoms with Crippen LogP contribution in [-0.2, 0) is 0 Å². The summed E-state index contributed by atoms with van der Waals surface area (Å²) in [5.74, 6) is 0.527. The van der Waals surface area contributed by atoms with Gasteiger partial charge in [0.15, 0.2) is 0 Å². The Labute approximate surface area is 204 Å². The molecule has 0 bridgehead atoms. The number of hydrogen-bond acceptors (Lipinski definition) is 0. The summed E-state index contributed by atoms with van der Waals surface area (Å²) >= 11 is 0. The van der Waals surface area contributed by atoms with E-state index < -0.39 is 0 Å². The van der Waals surface area contributed by atoms with Crippen molar-refractivity contribution >= 4 is 43.6 Å². The van der Waals surface area contributed by atoms with Crippen LogP contribution in [0.3, 0.4) is 0 Å². The van der Waals surface area contributed by atoms with E-state index in [1.807, 2.05) is 0 Å². The molecule has 7 aromatic rings. The quantitative estimate of drug-likeness (QED) is 0.277. The summed E-state index contributed by atoms with van der Waals surface area (Å²) in [5.41, 5.74) is 9.88. The van der Waals surface area contributed by atoms with Gasteiger partial charge in [-0.15, -0.1) is 0 Å². The van der Waals surface area contributed by atoms with Gasteiger partial charge in [-0.1, -0.05) is 74.5 Å². The molecular weight excluding hydrogens is 424 g/mol. The Balaban J connectivity index is 1.43. The van der Waals surface area contributed by atoms with Crippen LogP contribution in [0.5, 0.6) is 0 Å². The van der Waals surface area contributed by atoms with Crippen LogP contribution in [0, 0.1) is 0 Å². The minimum atomic E-state index is 0.527. The highest BCUT2D eigenvalue weighted by Crippen LogP contribution is 2.36. The molecule has 0 unspecified atom stereocenters. The molecule has 0 amide bonds. The van der Waals surface area contributed by atoms with Crippen LogP contribution in [0.15, 0.2) is 109 Å². The summed E-state index contributed by atoms with van der Waals surface area (Å²) in [7, 11) is 0. The van der Waals surface area contributed by atoms with Crippen molar-refractivity contribution < 1.29 is 0 Å². The van der Waals surface area contributed by atoms with Gasteiger partial charge in [0.1, 0.15) is 0 Å². The van der Waals surface area contributed by atoms with Gasteiger partial charge in [-0.3, -0.25) is 0 Å². The Kier molecular flexibility index (Phi) is 4.37. The fraction of sp³-hybridized carbons (Fsp3) is 0.0909. The summed E-state index contributed by atoms with van der Waals surface area (Å²) in [4.78, 5) is 3.54. The molecule has 0 atom stereocenters. The predicted octanol–water partition coefficient (Wildman–Crippen LogP) is 9.21. The van der Waals surface area contributed by atoms with Crippen molar-refractivity contribution in [1.82, 2.24) is 9.55 Å². The molecule has 0 aliphatic rings. The third kappa shape index (κ3) is 3.10. The first kappa shape index (κ1) is 20.1. The number of nitrogens with one attached hydrogen (secondary N) is 1. The molecule has 0 fully saturated rings. The molecule has 0 spiro atoms. The molecular formula is C33H26N2. The molecule has 2 heterocycles. The topological polar surface area (TPSA) is 20.7 Å². The summed E-state index contributed by atoms with van der Waals surface area (Å²) in [6.45, 7) is 4.48. The van der Waals surface area contributed by atoms with E-state index in [2.05, 4.69) is 133 Å². The maximum Gasteiger partial charge on any atom is 0.0541 e. The summed E-state index contributed by atoms with van der Waals surface area (Å²) in [6.07, 6.45) is 0. The molecule has 1 N–H and O–H groups in total. The maximum atomic E-state index is 3.54. The van der Waals surface area contributed by atoms with Gasteiger partial charge in [-0.05, 0) is 71.1 Å². The van der Waals surface area contributed by atoms with Crippen LogP contribution in [0.4, 0.5) is 0 Å². The van der Waals surface area contributed by atoms with Gasteiger partial charge in [0, 0.05) is 38.3 Å². The number of hydrogen-bond donors (Lipinski definition) is 1. The van der Waals surface area contributed by atoms with Gasteiger partial charge >= 0.3 is 0 Å². The molecule has 7 rings (SSSR count). The zero-order valence-electron chi connectivity index (χ0n) is 19.9. The largest absolute Gasteiger partial charge is 0.355 e. The van der Waals surface area contributed by atoms with Crippen molar-refractivity contribution in [3.8, 4) is 16.8 Å². The molecule has 35 heavy (non-hydrogen) atoms. The minimum absolute atomic E-state index is 0.527. The molecule has 2 heteroatoms. The van der Waals surface area contributed by atoms with Crippen molar-refractivity contribution in [1.29, 1.82) is 0 Å². The monoisotopic (exact) mass is 450 g/mol. The number of fused-ring (bicyclic) bond motifs is 6. The fourth-order valence-electron chi connectivity index (χ4n) is 5.47. The summed E-state index contributed by atoms with van der Waals surface area (Å²) in [6, 6.07) is 39.9. The van der Waals surface area contributed by atoms with Crippen molar-refractivity contribution in [3.05, 3.63) is 115 Å². The Morgan fingerprint density at radius 1 is 0.543 bits per heavy atom. The molecule has 168 valence electrons. The van der Waals surface area contributed by atoms with Crippen LogP contribution in [0.2, 0.25) is 0 Å². The van der Waals surface area contributed by atoms with Gasteiger partial charge in [0.25, 0.3) is 0 Å². The Hall–Kier alpha value is -4.30. The normalized spacial score (nSPS) is 12.0. The second-order valence-electron chi connectivity index (χ2n) is 9.76. The predicted molar refractivity (Wildman–Crippen MR) is 150 cm³/mol. The molecule has 0 saturated carbocycles.